The van der Waals surface area contributed by atoms with Crippen LogP contribution in [-0.4, -0.2) is 21.0 Å². The van der Waals surface area contributed by atoms with Gasteiger partial charge in [-0.15, -0.1) is 0 Å². The van der Waals surface area contributed by atoms with E-state index in [2.05, 4.69) is 9.97 Å². The van der Waals surface area contributed by atoms with Crippen molar-refractivity contribution in [2.24, 2.45) is 0 Å². The van der Waals surface area contributed by atoms with Gasteiger partial charge in [0.15, 0.2) is 5.82 Å². The van der Waals surface area contributed by atoms with E-state index in [1.165, 1.54) is 12.4 Å². The van der Waals surface area contributed by atoms with Gasteiger partial charge in [0.25, 0.3) is 0 Å². The number of aryl methyl sites for hydroxylation is 1. The van der Waals surface area contributed by atoms with Crippen molar-refractivity contribution in [3.05, 3.63) is 47.7 Å². The first kappa shape index (κ1) is 13.5. The third-order valence-electron chi connectivity index (χ3n) is 2.49. The Kier molecular flexibility index (Phi) is 4.11. The standard InChI is InChI=1S/C13H11FN2O2S/c1-2-9-11(14)12(16-7-15-9)19-10-6-4-3-5-8(10)13(17)18/h3-7H,2H2,1H3,(H,17,18). The molecule has 0 fully saturated rings. The highest BCUT2D eigenvalue weighted by Gasteiger charge is 2.15. The summed E-state index contributed by atoms with van der Waals surface area (Å²) in [5, 5.41) is 9.21. The molecular formula is C13H11FN2O2S. The zero-order chi connectivity index (χ0) is 13.8. The van der Waals surface area contributed by atoms with Crippen molar-refractivity contribution in [2.45, 2.75) is 23.3 Å². The largest absolute Gasteiger partial charge is 0.478 e. The van der Waals surface area contributed by atoms with Crippen LogP contribution in [0.1, 0.15) is 23.0 Å². The first-order valence-electron chi connectivity index (χ1n) is 5.63. The molecule has 6 heteroatoms. The maximum Gasteiger partial charge on any atom is 0.336 e. The molecule has 1 aromatic carbocycles. The summed E-state index contributed by atoms with van der Waals surface area (Å²) in [6, 6.07) is 6.43. The van der Waals surface area contributed by atoms with Crippen LogP contribution >= 0.6 is 11.8 Å². The summed E-state index contributed by atoms with van der Waals surface area (Å²) in [5.41, 5.74) is 0.453. The number of hydrogen-bond acceptors (Lipinski definition) is 4. The molecule has 0 aliphatic carbocycles. The molecule has 98 valence electrons. The van der Waals surface area contributed by atoms with Crippen LogP contribution in [0.15, 0.2) is 40.5 Å². The molecule has 0 aliphatic heterocycles. The van der Waals surface area contributed by atoms with E-state index < -0.39 is 11.8 Å². The number of carboxylic acid groups (broad SMARTS) is 1. The molecule has 0 unspecified atom stereocenters. The number of halogens is 1. The second-order valence-electron chi connectivity index (χ2n) is 3.70. The summed E-state index contributed by atoms with van der Waals surface area (Å²) in [7, 11) is 0. The van der Waals surface area contributed by atoms with Crippen LogP contribution in [0.25, 0.3) is 0 Å². The lowest BCUT2D eigenvalue weighted by Crippen LogP contribution is -2.01. The van der Waals surface area contributed by atoms with E-state index in [0.717, 1.165) is 11.8 Å². The lowest BCUT2D eigenvalue weighted by molar-refractivity contribution is 0.0693. The lowest BCUT2D eigenvalue weighted by Gasteiger charge is -2.07. The van der Waals surface area contributed by atoms with Gasteiger partial charge in [-0.25, -0.2) is 19.2 Å². The molecule has 0 atom stereocenters. The molecule has 0 saturated heterocycles. The van der Waals surface area contributed by atoms with Gasteiger partial charge < -0.3 is 5.11 Å². The van der Waals surface area contributed by atoms with E-state index in [1.54, 1.807) is 25.1 Å². The van der Waals surface area contributed by atoms with E-state index in [4.69, 9.17) is 5.11 Å². The second-order valence-corrected chi connectivity index (χ2v) is 4.73. The Hall–Kier alpha value is -1.95. The Morgan fingerprint density at radius 3 is 2.79 bits per heavy atom. The Morgan fingerprint density at radius 2 is 2.11 bits per heavy atom. The minimum absolute atomic E-state index is 0.128. The number of rotatable bonds is 4. The quantitative estimate of drug-likeness (QED) is 0.871. The fourth-order valence-electron chi connectivity index (χ4n) is 1.54. The van der Waals surface area contributed by atoms with Gasteiger partial charge in [-0.3, -0.25) is 0 Å². The zero-order valence-electron chi connectivity index (χ0n) is 10.1. The molecule has 0 amide bonds. The van der Waals surface area contributed by atoms with Crippen LogP contribution in [0, 0.1) is 5.82 Å². The average molecular weight is 278 g/mol. The number of aromatic nitrogens is 2. The molecule has 0 aliphatic rings. The number of hydrogen-bond donors (Lipinski definition) is 1. The lowest BCUT2D eigenvalue weighted by atomic mass is 10.2. The first-order chi connectivity index (χ1) is 9.13. The molecule has 0 saturated carbocycles. The Morgan fingerprint density at radius 1 is 1.37 bits per heavy atom. The molecule has 2 rings (SSSR count). The third-order valence-corrected chi connectivity index (χ3v) is 3.54. The topological polar surface area (TPSA) is 63.1 Å². The van der Waals surface area contributed by atoms with Gasteiger partial charge in [0.2, 0.25) is 0 Å². The maximum atomic E-state index is 14.0. The van der Waals surface area contributed by atoms with Crippen molar-refractivity contribution in [3.63, 3.8) is 0 Å². The van der Waals surface area contributed by atoms with Crippen LogP contribution in [0.5, 0.6) is 0 Å². The molecular weight excluding hydrogens is 267 g/mol. The molecule has 0 bridgehead atoms. The molecule has 0 spiro atoms. The van der Waals surface area contributed by atoms with Gasteiger partial charge in [0, 0.05) is 4.90 Å². The predicted octanol–water partition coefficient (Wildman–Crippen LogP) is 3.03. The highest BCUT2D eigenvalue weighted by molar-refractivity contribution is 7.99. The molecule has 1 heterocycles. The first-order valence-corrected chi connectivity index (χ1v) is 6.44. The van der Waals surface area contributed by atoms with Crippen molar-refractivity contribution < 1.29 is 14.3 Å². The number of carboxylic acids is 1. The normalized spacial score (nSPS) is 10.4. The van der Waals surface area contributed by atoms with Gasteiger partial charge in [-0.05, 0) is 18.6 Å². The summed E-state index contributed by atoms with van der Waals surface area (Å²) >= 11 is 0.992. The Bertz CT molecular complexity index is 619. The smallest absolute Gasteiger partial charge is 0.336 e. The van der Waals surface area contributed by atoms with E-state index in [-0.39, 0.29) is 10.6 Å². The number of aromatic carboxylic acids is 1. The zero-order valence-corrected chi connectivity index (χ0v) is 10.9. The van der Waals surface area contributed by atoms with Gasteiger partial charge in [0.05, 0.1) is 11.3 Å². The number of benzene rings is 1. The van der Waals surface area contributed by atoms with Crippen molar-refractivity contribution in [1.29, 1.82) is 0 Å². The van der Waals surface area contributed by atoms with Crippen molar-refractivity contribution in [2.75, 3.05) is 0 Å². The number of carbonyl (C=O) groups is 1. The van der Waals surface area contributed by atoms with Crippen LogP contribution in [0.2, 0.25) is 0 Å². The van der Waals surface area contributed by atoms with E-state index in [9.17, 15) is 9.18 Å². The van der Waals surface area contributed by atoms with Crippen LogP contribution in [0.4, 0.5) is 4.39 Å². The Balaban J connectivity index is 2.39. The third kappa shape index (κ3) is 2.90. The molecule has 1 aromatic heterocycles. The Labute approximate surface area is 113 Å². The molecule has 0 radical (unpaired) electrons. The summed E-state index contributed by atoms with van der Waals surface area (Å²) < 4.78 is 14.0. The monoisotopic (exact) mass is 278 g/mol. The van der Waals surface area contributed by atoms with Crippen LogP contribution in [0.3, 0.4) is 0 Å². The summed E-state index contributed by atoms with van der Waals surface area (Å²) in [6.07, 6.45) is 1.75. The van der Waals surface area contributed by atoms with Gasteiger partial charge in [-0.1, -0.05) is 30.8 Å². The summed E-state index contributed by atoms with van der Waals surface area (Å²) in [5.74, 6) is -1.54. The second kappa shape index (κ2) is 5.79. The van der Waals surface area contributed by atoms with E-state index in [1.807, 2.05) is 0 Å². The van der Waals surface area contributed by atoms with Gasteiger partial charge in [0.1, 0.15) is 11.4 Å². The van der Waals surface area contributed by atoms with Gasteiger partial charge >= 0.3 is 5.97 Å². The van der Waals surface area contributed by atoms with Crippen LogP contribution in [-0.2, 0) is 6.42 Å². The minimum Gasteiger partial charge on any atom is -0.478 e. The molecule has 2 aromatic rings. The van der Waals surface area contributed by atoms with E-state index in [0.29, 0.717) is 17.0 Å². The maximum absolute atomic E-state index is 14.0. The predicted molar refractivity (Wildman–Crippen MR) is 68.9 cm³/mol. The van der Waals surface area contributed by atoms with Gasteiger partial charge in [-0.2, -0.15) is 0 Å². The molecule has 1 N–H and O–H groups in total. The summed E-state index contributed by atoms with van der Waals surface area (Å²) in [4.78, 5) is 19.2. The highest BCUT2D eigenvalue weighted by atomic mass is 32.2. The van der Waals surface area contributed by atoms with Crippen LogP contribution < -0.4 is 0 Å². The van der Waals surface area contributed by atoms with E-state index >= 15 is 0 Å². The number of nitrogens with zero attached hydrogens (tertiary/aromatic N) is 2. The minimum atomic E-state index is -1.05. The fourth-order valence-corrected chi connectivity index (χ4v) is 2.47. The van der Waals surface area contributed by atoms with Crippen molar-refractivity contribution >= 4 is 17.7 Å². The average Bonchev–Trinajstić information content (AvgIpc) is 2.41. The SMILES string of the molecule is CCc1ncnc(Sc2ccccc2C(=O)O)c1F. The summed E-state index contributed by atoms with van der Waals surface area (Å²) in [6.45, 7) is 1.80. The molecule has 4 nitrogen and oxygen atoms in total. The molecule has 19 heavy (non-hydrogen) atoms. The van der Waals surface area contributed by atoms with Crippen molar-refractivity contribution in [3.8, 4) is 0 Å². The fraction of sp³-hybridized carbons (Fsp3) is 0.154. The van der Waals surface area contributed by atoms with Crippen molar-refractivity contribution in [1.82, 2.24) is 9.97 Å². The highest BCUT2D eigenvalue weighted by Crippen LogP contribution is 2.31.